The highest BCUT2D eigenvalue weighted by Crippen LogP contribution is 2.22. The van der Waals surface area contributed by atoms with Gasteiger partial charge in [-0.3, -0.25) is 9.69 Å². The molecule has 1 aliphatic heterocycles. The van der Waals surface area contributed by atoms with Crippen LogP contribution < -0.4 is 0 Å². The number of urea groups is 1. The molecule has 1 saturated heterocycles. The van der Waals surface area contributed by atoms with Crippen molar-refractivity contribution < 1.29 is 9.59 Å². The van der Waals surface area contributed by atoms with E-state index < -0.39 is 0 Å². The minimum absolute atomic E-state index is 0.00754. The van der Waals surface area contributed by atoms with Crippen molar-refractivity contribution in [2.45, 2.75) is 52.1 Å². The highest BCUT2D eigenvalue weighted by molar-refractivity contribution is 5.96. The van der Waals surface area contributed by atoms with Crippen LogP contribution in [-0.2, 0) is 4.79 Å². The predicted molar refractivity (Wildman–Crippen MR) is 58.5 cm³/mol. The predicted octanol–water partition coefficient (Wildman–Crippen LogP) is 1.85. The molecule has 0 unspecified atom stereocenters. The third-order valence-electron chi connectivity index (χ3n) is 3.24. The van der Waals surface area contributed by atoms with Gasteiger partial charge in [0, 0.05) is 13.5 Å². The van der Waals surface area contributed by atoms with Gasteiger partial charge in [-0.05, 0) is 20.3 Å². The summed E-state index contributed by atoms with van der Waals surface area (Å²) in [6, 6.07) is -0.0500. The van der Waals surface area contributed by atoms with Crippen LogP contribution in [0.25, 0.3) is 0 Å². The zero-order valence-corrected chi connectivity index (χ0v) is 9.99. The average Bonchev–Trinajstić information content (AvgIpc) is 2.40. The number of nitrogens with zero attached hydrogens (tertiary/aromatic N) is 2. The molecule has 86 valence electrons. The summed E-state index contributed by atoms with van der Waals surface area (Å²) in [6.45, 7) is 5.93. The molecule has 4 nitrogen and oxygen atoms in total. The number of hydrogen-bond acceptors (Lipinski definition) is 2. The van der Waals surface area contributed by atoms with E-state index in [1.165, 1.54) is 4.90 Å². The number of unbranched alkanes of at least 4 members (excludes halogenated alkanes) is 1. The summed E-state index contributed by atoms with van der Waals surface area (Å²) in [5.74, 6) is -0.0365. The Morgan fingerprint density at radius 2 is 1.93 bits per heavy atom. The van der Waals surface area contributed by atoms with Crippen molar-refractivity contribution in [1.82, 2.24) is 9.80 Å². The van der Waals surface area contributed by atoms with Crippen molar-refractivity contribution >= 4 is 11.9 Å². The largest absolute Gasteiger partial charge is 0.327 e. The number of carbonyl (C=O) groups excluding carboxylic acids is 2. The molecule has 0 aromatic heterocycles. The Kier molecular flexibility index (Phi) is 3.72. The van der Waals surface area contributed by atoms with Gasteiger partial charge in [-0.25, -0.2) is 4.79 Å². The molecule has 3 amide bonds. The average molecular weight is 212 g/mol. The first-order valence-electron chi connectivity index (χ1n) is 5.59. The van der Waals surface area contributed by atoms with Crippen LogP contribution in [0.2, 0.25) is 0 Å². The Morgan fingerprint density at radius 1 is 1.33 bits per heavy atom. The fourth-order valence-electron chi connectivity index (χ4n) is 1.84. The molecule has 15 heavy (non-hydrogen) atoms. The third-order valence-corrected chi connectivity index (χ3v) is 3.24. The minimum atomic E-state index is -0.156. The second-order valence-corrected chi connectivity index (χ2v) is 4.24. The number of imide groups is 1. The van der Waals surface area contributed by atoms with Crippen LogP contribution in [0.3, 0.4) is 0 Å². The summed E-state index contributed by atoms with van der Waals surface area (Å²) in [5, 5.41) is 0. The van der Waals surface area contributed by atoms with Gasteiger partial charge in [0.15, 0.2) is 0 Å². The van der Waals surface area contributed by atoms with Crippen LogP contribution in [0.15, 0.2) is 0 Å². The summed E-state index contributed by atoms with van der Waals surface area (Å²) >= 11 is 0. The standard InChI is InChI=1S/C11H20N2O2/c1-5-6-7-10(14)13-9(3)8(2)12(4)11(13)15/h8-9H,5-7H2,1-4H3/t8-,9+/m0/s1. The number of hydrogen-bond donors (Lipinski definition) is 0. The normalized spacial score (nSPS) is 26.3. The van der Waals surface area contributed by atoms with E-state index in [4.69, 9.17) is 0 Å². The molecular formula is C11H20N2O2. The fraction of sp³-hybridized carbons (Fsp3) is 0.818. The molecule has 0 saturated carbocycles. The van der Waals surface area contributed by atoms with Crippen LogP contribution in [0, 0.1) is 0 Å². The van der Waals surface area contributed by atoms with Gasteiger partial charge < -0.3 is 4.90 Å². The van der Waals surface area contributed by atoms with E-state index in [-0.39, 0.29) is 24.0 Å². The topological polar surface area (TPSA) is 40.6 Å². The second kappa shape index (κ2) is 4.64. The quantitative estimate of drug-likeness (QED) is 0.716. The van der Waals surface area contributed by atoms with Crippen LogP contribution in [0.5, 0.6) is 0 Å². The van der Waals surface area contributed by atoms with E-state index in [0.717, 1.165) is 12.8 Å². The highest BCUT2D eigenvalue weighted by atomic mass is 16.2. The first-order chi connectivity index (χ1) is 7.00. The van der Waals surface area contributed by atoms with E-state index >= 15 is 0 Å². The number of rotatable bonds is 3. The Morgan fingerprint density at radius 3 is 2.33 bits per heavy atom. The first kappa shape index (κ1) is 12.0. The maximum absolute atomic E-state index is 11.8. The van der Waals surface area contributed by atoms with Crippen molar-refractivity contribution in [3.05, 3.63) is 0 Å². The van der Waals surface area contributed by atoms with Crippen LogP contribution in [0.4, 0.5) is 4.79 Å². The number of carbonyl (C=O) groups is 2. The zero-order chi connectivity index (χ0) is 11.6. The smallest absolute Gasteiger partial charge is 0.323 e. The van der Waals surface area contributed by atoms with Crippen molar-refractivity contribution in [2.24, 2.45) is 0 Å². The maximum Gasteiger partial charge on any atom is 0.327 e. The van der Waals surface area contributed by atoms with Gasteiger partial charge >= 0.3 is 6.03 Å². The van der Waals surface area contributed by atoms with Gasteiger partial charge in [0.25, 0.3) is 0 Å². The Labute approximate surface area is 91.2 Å². The molecule has 0 aromatic rings. The number of amides is 3. The molecule has 0 N–H and O–H groups in total. The Hall–Kier alpha value is -1.06. The fourth-order valence-corrected chi connectivity index (χ4v) is 1.84. The molecule has 1 rings (SSSR count). The number of likely N-dealkylation sites (N-methyl/N-ethyl adjacent to an activating group) is 1. The van der Waals surface area contributed by atoms with Crippen molar-refractivity contribution in [3.63, 3.8) is 0 Å². The van der Waals surface area contributed by atoms with Crippen molar-refractivity contribution in [1.29, 1.82) is 0 Å². The van der Waals surface area contributed by atoms with E-state index in [2.05, 4.69) is 0 Å². The lowest BCUT2D eigenvalue weighted by Crippen LogP contribution is -2.38. The second-order valence-electron chi connectivity index (χ2n) is 4.24. The van der Waals surface area contributed by atoms with Crippen molar-refractivity contribution in [3.8, 4) is 0 Å². The Bertz CT molecular complexity index is 265. The van der Waals surface area contributed by atoms with Gasteiger partial charge in [0.2, 0.25) is 5.91 Å². The van der Waals surface area contributed by atoms with Gasteiger partial charge in [0.1, 0.15) is 0 Å². The van der Waals surface area contributed by atoms with Gasteiger partial charge in [-0.15, -0.1) is 0 Å². The summed E-state index contributed by atoms with van der Waals surface area (Å²) in [4.78, 5) is 26.6. The molecule has 1 fully saturated rings. The monoisotopic (exact) mass is 212 g/mol. The summed E-state index contributed by atoms with van der Waals surface area (Å²) in [5.41, 5.74) is 0. The lowest BCUT2D eigenvalue weighted by Gasteiger charge is -2.19. The molecule has 0 bridgehead atoms. The molecule has 2 atom stereocenters. The lowest BCUT2D eigenvalue weighted by molar-refractivity contribution is -0.129. The van der Waals surface area contributed by atoms with Gasteiger partial charge in [0.05, 0.1) is 12.1 Å². The van der Waals surface area contributed by atoms with E-state index in [1.54, 1.807) is 11.9 Å². The van der Waals surface area contributed by atoms with Crippen LogP contribution in [0.1, 0.15) is 40.0 Å². The molecule has 0 spiro atoms. The molecule has 4 heteroatoms. The molecule has 0 aliphatic carbocycles. The molecular weight excluding hydrogens is 192 g/mol. The van der Waals surface area contributed by atoms with Gasteiger partial charge in [-0.2, -0.15) is 0 Å². The molecule has 0 aromatic carbocycles. The Balaban J connectivity index is 2.69. The van der Waals surface area contributed by atoms with Crippen molar-refractivity contribution in [2.75, 3.05) is 7.05 Å². The SMILES string of the molecule is CCCCC(=O)N1C(=O)N(C)[C@@H](C)[C@H]1C. The first-order valence-corrected chi connectivity index (χ1v) is 5.59. The summed E-state index contributed by atoms with van der Waals surface area (Å²) < 4.78 is 0. The third kappa shape index (κ3) is 2.13. The highest BCUT2D eigenvalue weighted by Gasteiger charge is 2.41. The minimum Gasteiger partial charge on any atom is -0.323 e. The van der Waals surface area contributed by atoms with E-state index in [1.807, 2.05) is 20.8 Å². The molecule has 0 radical (unpaired) electrons. The van der Waals surface area contributed by atoms with E-state index in [0.29, 0.717) is 6.42 Å². The van der Waals surface area contributed by atoms with Crippen LogP contribution >= 0.6 is 0 Å². The van der Waals surface area contributed by atoms with Crippen LogP contribution in [-0.4, -0.2) is 40.9 Å². The van der Waals surface area contributed by atoms with E-state index in [9.17, 15) is 9.59 Å². The lowest BCUT2D eigenvalue weighted by atomic mass is 10.1. The maximum atomic E-state index is 11.8. The zero-order valence-electron chi connectivity index (χ0n) is 9.99. The summed E-state index contributed by atoms with van der Waals surface area (Å²) in [6.07, 6.45) is 2.31. The van der Waals surface area contributed by atoms with Gasteiger partial charge in [-0.1, -0.05) is 13.3 Å². The molecule has 1 aliphatic rings. The summed E-state index contributed by atoms with van der Waals surface area (Å²) in [7, 11) is 1.75. The molecule has 1 heterocycles.